The average molecular weight is 144 g/mol. The van der Waals surface area contributed by atoms with Crippen LogP contribution in [0, 0.1) is 0 Å². The molecule has 0 unspecified atom stereocenters. The molecule has 0 rings (SSSR count). The molecule has 0 aliphatic carbocycles. The van der Waals surface area contributed by atoms with Crippen molar-refractivity contribution in [2.45, 2.75) is 6.42 Å². The molecule has 54 valence electrons. The van der Waals surface area contributed by atoms with Crippen molar-refractivity contribution in [2.24, 2.45) is 0 Å². The number of aliphatic carboxylic acids is 2. The third-order valence-corrected chi connectivity index (χ3v) is 0.686. The second-order valence-electron chi connectivity index (χ2n) is 1.42. The Morgan fingerprint density at radius 3 is 2.00 bits per heavy atom. The van der Waals surface area contributed by atoms with Gasteiger partial charge in [0.15, 0.2) is 6.42 Å². The number of nitrogens with zero attached hydrogens (tertiary/aromatic N) is 2. The van der Waals surface area contributed by atoms with Crippen LogP contribution < -0.4 is 0 Å². The van der Waals surface area contributed by atoms with Crippen molar-refractivity contribution in [2.75, 3.05) is 0 Å². The molecule has 0 fully saturated rings. The van der Waals surface area contributed by atoms with E-state index in [9.17, 15) is 9.59 Å². The van der Waals surface area contributed by atoms with E-state index in [1.807, 2.05) is 0 Å². The zero-order valence-corrected chi connectivity index (χ0v) is 4.81. The van der Waals surface area contributed by atoms with Crippen LogP contribution in [0.15, 0.2) is 0 Å². The Kier molecular flexibility index (Phi) is 2.80. The fourth-order valence-electron chi connectivity index (χ4n) is 0.297. The molecule has 0 heterocycles. The van der Waals surface area contributed by atoms with Crippen LogP contribution in [-0.4, -0.2) is 32.7 Å². The second kappa shape index (κ2) is 3.37. The van der Waals surface area contributed by atoms with E-state index in [0.29, 0.717) is 0 Å². The first-order valence-electron chi connectivity index (χ1n) is 2.24. The smallest absolute Gasteiger partial charge is 0.415 e. The van der Waals surface area contributed by atoms with Gasteiger partial charge in [0.25, 0.3) is 0 Å². The first-order valence-corrected chi connectivity index (χ1v) is 2.24. The standard InChI is InChI=1S/C4H4N2O4/c5-6-2(4(9)10)1-3(7)8/h1H2,(H,7,8)(H,9,10). The Labute approximate surface area is 55.3 Å². The molecule has 6 heteroatoms. The minimum atomic E-state index is -1.54. The molecule has 0 amide bonds. The lowest BCUT2D eigenvalue weighted by Gasteiger charge is -1.82. The Bertz CT molecular complexity index is 215. The van der Waals surface area contributed by atoms with Crippen LogP contribution in [0.5, 0.6) is 0 Å². The van der Waals surface area contributed by atoms with Gasteiger partial charge in [0.1, 0.15) is 0 Å². The summed E-state index contributed by atoms with van der Waals surface area (Å²) in [6.07, 6.45) is -0.786. The molecule has 0 aliphatic rings. The fraction of sp³-hybridized carbons (Fsp3) is 0.250. The molecular formula is C4H4N2O4. The van der Waals surface area contributed by atoms with Gasteiger partial charge in [0, 0.05) is 0 Å². The summed E-state index contributed by atoms with van der Waals surface area (Å²) >= 11 is 0. The number of carboxylic acid groups (broad SMARTS) is 2. The van der Waals surface area contributed by atoms with Gasteiger partial charge >= 0.3 is 17.7 Å². The highest BCUT2D eigenvalue weighted by molar-refractivity contribution is 6.35. The Morgan fingerprint density at radius 2 is 1.90 bits per heavy atom. The van der Waals surface area contributed by atoms with Crippen LogP contribution in [0.2, 0.25) is 0 Å². The number of carbonyl (C=O) groups is 2. The number of hydrogen-bond acceptors (Lipinski definition) is 2. The maximum atomic E-state index is 9.91. The van der Waals surface area contributed by atoms with E-state index in [2.05, 4.69) is 4.79 Å². The van der Waals surface area contributed by atoms with Gasteiger partial charge in [0.2, 0.25) is 0 Å². The fourth-order valence-corrected chi connectivity index (χ4v) is 0.297. The summed E-state index contributed by atoms with van der Waals surface area (Å²) in [6.45, 7) is 0. The predicted molar refractivity (Wildman–Crippen MR) is 28.5 cm³/mol. The van der Waals surface area contributed by atoms with Gasteiger partial charge in [-0.05, 0) is 0 Å². The van der Waals surface area contributed by atoms with Crippen LogP contribution in [0.1, 0.15) is 6.42 Å². The normalized spacial score (nSPS) is 8.00. The molecule has 0 saturated heterocycles. The van der Waals surface area contributed by atoms with E-state index in [4.69, 9.17) is 15.7 Å². The Morgan fingerprint density at radius 1 is 1.40 bits per heavy atom. The summed E-state index contributed by atoms with van der Waals surface area (Å²) in [5, 5.41) is 16.1. The summed E-state index contributed by atoms with van der Waals surface area (Å²) < 4.78 is 0. The first-order chi connectivity index (χ1) is 4.57. The zero-order chi connectivity index (χ0) is 8.15. The number of hydrogen-bond donors (Lipinski definition) is 2. The topological polar surface area (TPSA) is 111 Å². The molecule has 2 N–H and O–H groups in total. The Balaban J connectivity index is 4.27. The minimum Gasteiger partial charge on any atom is -0.481 e. The molecule has 0 aromatic carbocycles. The highest BCUT2D eigenvalue weighted by Crippen LogP contribution is 1.81. The van der Waals surface area contributed by atoms with Crippen molar-refractivity contribution in [1.82, 2.24) is 0 Å². The summed E-state index contributed by atoms with van der Waals surface area (Å²) in [5.74, 6) is -2.89. The van der Waals surface area contributed by atoms with Crippen LogP contribution >= 0.6 is 0 Å². The third kappa shape index (κ3) is 2.58. The van der Waals surface area contributed by atoms with E-state index in [1.54, 1.807) is 0 Å². The molecule has 10 heavy (non-hydrogen) atoms. The quantitative estimate of drug-likeness (QED) is 0.307. The summed E-state index contributed by atoms with van der Waals surface area (Å²) in [6, 6.07) is 0. The Hall–Kier alpha value is -1.68. The van der Waals surface area contributed by atoms with Gasteiger partial charge in [-0.3, -0.25) is 4.79 Å². The zero-order valence-electron chi connectivity index (χ0n) is 4.81. The average Bonchev–Trinajstić information content (AvgIpc) is 1.81. The van der Waals surface area contributed by atoms with Crippen LogP contribution in [0.3, 0.4) is 0 Å². The molecule has 0 aliphatic heterocycles. The highest BCUT2D eigenvalue weighted by Gasteiger charge is 2.21. The van der Waals surface area contributed by atoms with Gasteiger partial charge < -0.3 is 15.7 Å². The summed E-state index contributed by atoms with van der Waals surface area (Å²) in [4.78, 5) is 22.0. The van der Waals surface area contributed by atoms with Crippen LogP contribution in [0.4, 0.5) is 0 Å². The number of carboxylic acids is 2. The molecule has 0 bridgehead atoms. The van der Waals surface area contributed by atoms with Gasteiger partial charge in [-0.1, -0.05) is 0 Å². The SMILES string of the molecule is [N-]=[N+]=C(CC(=O)O)C(=O)O. The summed E-state index contributed by atoms with van der Waals surface area (Å²) in [7, 11) is 0. The van der Waals surface area contributed by atoms with Crippen molar-refractivity contribution >= 4 is 17.7 Å². The molecule has 0 aromatic heterocycles. The predicted octanol–water partition coefficient (Wildman–Crippen LogP) is -0.784. The van der Waals surface area contributed by atoms with E-state index < -0.39 is 24.1 Å². The van der Waals surface area contributed by atoms with E-state index in [0.717, 1.165) is 0 Å². The van der Waals surface area contributed by atoms with Crippen molar-refractivity contribution in [1.29, 1.82) is 0 Å². The highest BCUT2D eigenvalue weighted by atomic mass is 16.4. The lowest BCUT2D eigenvalue weighted by molar-refractivity contribution is -0.140. The van der Waals surface area contributed by atoms with Gasteiger partial charge in [-0.2, -0.15) is 4.79 Å². The van der Waals surface area contributed by atoms with Gasteiger partial charge in [-0.15, -0.1) is 0 Å². The lowest BCUT2D eigenvalue weighted by Crippen LogP contribution is -2.18. The van der Waals surface area contributed by atoms with Crippen molar-refractivity contribution in [3.8, 4) is 0 Å². The van der Waals surface area contributed by atoms with E-state index in [1.165, 1.54) is 0 Å². The maximum Gasteiger partial charge on any atom is 0.415 e. The van der Waals surface area contributed by atoms with Crippen LogP contribution in [-0.2, 0) is 9.59 Å². The van der Waals surface area contributed by atoms with Crippen LogP contribution in [0.25, 0.3) is 5.53 Å². The van der Waals surface area contributed by atoms with Crippen molar-refractivity contribution in [3.63, 3.8) is 0 Å². The lowest BCUT2D eigenvalue weighted by atomic mass is 10.3. The van der Waals surface area contributed by atoms with Gasteiger partial charge in [-0.25, -0.2) is 4.79 Å². The van der Waals surface area contributed by atoms with E-state index >= 15 is 0 Å². The number of rotatable bonds is 3. The van der Waals surface area contributed by atoms with Gasteiger partial charge in [0.05, 0.1) is 0 Å². The molecule has 6 nitrogen and oxygen atoms in total. The molecule has 0 atom stereocenters. The summed E-state index contributed by atoms with van der Waals surface area (Å²) in [5.41, 5.74) is 7.10. The maximum absolute atomic E-state index is 9.91. The molecule has 0 aromatic rings. The second-order valence-corrected chi connectivity index (χ2v) is 1.42. The van der Waals surface area contributed by atoms with Crippen molar-refractivity contribution in [3.05, 3.63) is 5.53 Å². The molecular weight excluding hydrogens is 140 g/mol. The molecule has 0 spiro atoms. The molecule has 0 saturated carbocycles. The third-order valence-electron chi connectivity index (χ3n) is 0.686. The first kappa shape index (κ1) is 8.32. The molecule has 0 radical (unpaired) electrons. The minimum absolute atomic E-state index is 0.785. The van der Waals surface area contributed by atoms with E-state index in [-0.39, 0.29) is 0 Å². The largest absolute Gasteiger partial charge is 0.481 e. The monoisotopic (exact) mass is 144 g/mol. The van der Waals surface area contributed by atoms with Crippen molar-refractivity contribution < 1.29 is 24.6 Å².